The van der Waals surface area contributed by atoms with E-state index in [0.29, 0.717) is 19.0 Å². The van der Waals surface area contributed by atoms with Gasteiger partial charge >= 0.3 is 6.09 Å². The van der Waals surface area contributed by atoms with Gasteiger partial charge in [-0.3, -0.25) is 9.97 Å². The van der Waals surface area contributed by atoms with Crippen LogP contribution >= 0.6 is 0 Å². The Labute approximate surface area is 154 Å². The van der Waals surface area contributed by atoms with Crippen LogP contribution in [0.3, 0.4) is 0 Å². The number of carbonyl (C=O) groups excluding carboxylic acids is 1. The summed E-state index contributed by atoms with van der Waals surface area (Å²) in [5, 5.41) is 0. The molecule has 0 aromatic carbocycles. The third-order valence-corrected chi connectivity index (χ3v) is 4.82. The van der Waals surface area contributed by atoms with E-state index in [1.165, 1.54) is 24.1 Å². The number of hydrogen-bond donors (Lipinski definition) is 0. The first-order chi connectivity index (χ1) is 12.4. The zero-order valence-electron chi connectivity index (χ0n) is 15.7. The maximum Gasteiger partial charge on any atom is 0.410 e. The normalized spacial score (nSPS) is 17.0. The number of pyridine rings is 2. The standard InChI is InChI=1S/C21H25N3O2/c1-21(2,3)26-20(25)24-9-8-15-10-19(23-12-17(15)13-24)16-6-7-18(22-11-16)14-4-5-14/h6-7,10-12,14H,4-5,8-9,13H2,1-3H3. The van der Waals surface area contributed by atoms with Crippen LogP contribution in [-0.4, -0.2) is 33.1 Å². The number of aromatic nitrogens is 2. The molecule has 0 saturated heterocycles. The fourth-order valence-electron chi connectivity index (χ4n) is 3.26. The van der Waals surface area contributed by atoms with Crippen LogP contribution in [0.25, 0.3) is 11.3 Å². The Morgan fingerprint density at radius 2 is 1.96 bits per heavy atom. The van der Waals surface area contributed by atoms with Gasteiger partial charge in [-0.1, -0.05) is 0 Å². The zero-order valence-corrected chi connectivity index (χ0v) is 15.7. The zero-order chi connectivity index (χ0) is 18.3. The van der Waals surface area contributed by atoms with Crippen molar-refractivity contribution in [3.05, 3.63) is 47.4 Å². The highest BCUT2D eigenvalue weighted by Crippen LogP contribution is 2.39. The summed E-state index contributed by atoms with van der Waals surface area (Å²) in [6.07, 6.45) is 6.90. The second kappa shape index (κ2) is 6.38. The Balaban J connectivity index is 1.49. The number of ether oxygens (including phenoxy) is 1. The number of amides is 1. The van der Waals surface area contributed by atoms with Crippen LogP contribution in [0.1, 0.15) is 56.4 Å². The quantitative estimate of drug-likeness (QED) is 0.809. The van der Waals surface area contributed by atoms with Crippen LogP contribution < -0.4 is 0 Å². The molecule has 0 atom stereocenters. The van der Waals surface area contributed by atoms with Gasteiger partial charge in [0.05, 0.1) is 12.2 Å². The van der Waals surface area contributed by atoms with E-state index in [1.54, 1.807) is 4.90 Å². The fraction of sp³-hybridized carbons (Fsp3) is 0.476. The molecule has 0 spiro atoms. The highest BCUT2D eigenvalue weighted by atomic mass is 16.6. The van der Waals surface area contributed by atoms with Crippen molar-refractivity contribution in [2.75, 3.05) is 6.54 Å². The Morgan fingerprint density at radius 1 is 1.15 bits per heavy atom. The molecule has 1 aliphatic heterocycles. The summed E-state index contributed by atoms with van der Waals surface area (Å²) in [6, 6.07) is 6.37. The number of carbonyl (C=O) groups is 1. The van der Waals surface area contributed by atoms with E-state index >= 15 is 0 Å². The monoisotopic (exact) mass is 351 g/mol. The van der Waals surface area contributed by atoms with Gasteiger partial charge in [0, 0.05) is 36.1 Å². The van der Waals surface area contributed by atoms with Gasteiger partial charge in [0.1, 0.15) is 5.60 Å². The van der Waals surface area contributed by atoms with Crippen molar-refractivity contribution in [3.63, 3.8) is 0 Å². The number of rotatable bonds is 2. The third-order valence-electron chi connectivity index (χ3n) is 4.82. The average Bonchev–Trinajstić information content (AvgIpc) is 3.44. The van der Waals surface area contributed by atoms with Crippen LogP contribution in [0, 0.1) is 0 Å². The Kier molecular flexibility index (Phi) is 4.17. The van der Waals surface area contributed by atoms with Crippen LogP contribution in [0.2, 0.25) is 0 Å². The molecule has 1 aliphatic carbocycles. The first-order valence-corrected chi connectivity index (χ1v) is 9.31. The molecule has 2 aliphatic rings. The molecule has 1 fully saturated rings. The minimum atomic E-state index is -0.473. The minimum absolute atomic E-state index is 0.257. The summed E-state index contributed by atoms with van der Waals surface area (Å²) in [5.74, 6) is 0.666. The van der Waals surface area contributed by atoms with Crippen molar-refractivity contribution in [2.24, 2.45) is 0 Å². The molecule has 1 amide bonds. The lowest BCUT2D eigenvalue weighted by atomic mass is 10.00. The van der Waals surface area contributed by atoms with Gasteiger partial charge in [-0.2, -0.15) is 0 Å². The van der Waals surface area contributed by atoms with E-state index in [1.807, 2.05) is 33.2 Å². The van der Waals surface area contributed by atoms with E-state index < -0.39 is 5.60 Å². The molecule has 2 aromatic heterocycles. The summed E-state index contributed by atoms with van der Waals surface area (Å²) in [5.41, 5.74) is 5.06. The van der Waals surface area contributed by atoms with Crippen LogP contribution in [0.15, 0.2) is 30.6 Å². The van der Waals surface area contributed by atoms with E-state index in [0.717, 1.165) is 23.2 Å². The molecule has 4 rings (SSSR count). The minimum Gasteiger partial charge on any atom is -0.444 e. The average molecular weight is 351 g/mol. The highest BCUT2D eigenvalue weighted by Gasteiger charge is 2.27. The van der Waals surface area contributed by atoms with Crippen molar-refractivity contribution in [3.8, 4) is 11.3 Å². The third kappa shape index (κ3) is 3.71. The van der Waals surface area contributed by atoms with Crippen molar-refractivity contribution < 1.29 is 9.53 Å². The van der Waals surface area contributed by atoms with Crippen LogP contribution in [0.5, 0.6) is 0 Å². The van der Waals surface area contributed by atoms with E-state index in [-0.39, 0.29) is 6.09 Å². The first-order valence-electron chi connectivity index (χ1n) is 9.31. The second-order valence-electron chi connectivity index (χ2n) is 8.24. The van der Waals surface area contributed by atoms with Gasteiger partial charge < -0.3 is 9.64 Å². The SMILES string of the molecule is CC(C)(C)OC(=O)N1CCc2cc(-c3ccc(C4CC4)nc3)ncc2C1. The number of nitrogens with zero attached hydrogens (tertiary/aromatic N) is 3. The smallest absolute Gasteiger partial charge is 0.410 e. The molecule has 136 valence electrons. The molecular formula is C21H25N3O2. The first kappa shape index (κ1) is 17.0. The molecule has 0 N–H and O–H groups in total. The van der Waals surface area contributed by atoms with Crippen molar-refractivity contribution in [1.29, 1.82) is 0 Å². The molecule has 0 unspecified atom stereocenters. The number of fused-ring (bicyclic) bond motifs is 1. The summed E-state index contributed by atoms with van der Waals surface area (Å²) in [7, 11) is 0. The predicted octanol–water partition coefficient (Wildman–Crippen LogP) is 4.31. The second-order valence-corrected chi connectivity index (χ2v) is 8.24. The van der Waals surface area contributed by atoms with E-state index in [2.05, 4.69) is 28.2 Å². The van der Waals surface area contributed by atoms with Gasteiger partial charge in [0.15, 0.2) is 0 Å². The maximum atomic E-state index is 12.3. The molecule has 5 nitrogen and oxygen atoms in total. The summed E-state index contributed by atoms with van der Waals surface area (Å²) in [4.78, 5) is 23.2. The highest BCUT2D eigenvalue weighted by molar-refractivity contribution is 5.69. The lowest BCUT2D eigenvalue weighted by molar-refractivity contribution is 0.0224. The van der Waals surface area contributed by atoms with E-state index in [4.69, 9.17) is 4.74 Å². The molecule has 2 aromatic rings. The van der Waals surface area contributed by atoms with E-state index in [9.17, 15) is 4.79 Å². The lowest BCUT2D eigenvalue weighted by Crippen LogP contribution is -2.39. The van der Waals surface area contributed by atoms with Crippen molar-refractivity contribution in [1.82, 2.24) is 14.9 Å². The Morgan fingerprint density at radius 3 is 2.62 bits per heavy atom. The Bertz CT molecular complexity index is 820. The van der Waals surface area contributed by atoms with Gasteiger partial charge in [0.2, 0.25) is 0 Å². The topological polar surface area (TPSA) is 55.3 Å². The maximum absolute atomic E-state index is 12.3. The van der Waals surface area contributed by atoms with Crippen molar-refractivity contribution >= 4 is 6.09 Å². The predicted molar refractivity (Wildman–Crippen MR) is 99.8 cm³/mol. The molecule has 3 heterocycles. The summed E-state index contributed by atoms with van der Waals surface area (Å²) < 4.78 is 5.48. The van der Waals surface area contributed by atoms with Crippen molar-refractivity contribution in [2.45, 2.75) is 58.1 Å². The molecule has 5 heteroatoms. The van der Waals surface area contributed by atoms with Gasteiger partial charge in [-0.15, -0.1) is 0 Å². The summed E-state index contributed by atoms with van der Waals surface area (Å²) in [6.45, 7) is 6.89. The van der Waals surface area contributed by atoms with Gasteiger partial charge in [0.25, 0.3) is 0 Å². The molecular weight excluding hydrogens is 326 g/mol. The number of hydrogen-bond acceptors (Lipinski definition) is 4. The lowest BCUT2D eigenvalue weighted by Gasteiger charge is -2.31. The van der Waals surface area contributed by atoms with Crippen LogP contribution in [0.4, 0.5) is 4.79 Å². The molecule has 0 radical (unpaired) electrons. The summed E-state index contributed by atoms with van der Waals surface area (Å²) >= 11 is 0. The molecule has 1 saturated carbocycles. The molecule has 26 heavy (non-hydrogen) atoms. The van der Waals surface area contributed by atoms with Gasteiger partial charge in [-0.05, 0) is 69.4 Å². The van der Waals surface area contributed by atoms with Gasteiger partial charge in [-0.25, -0.2) is 4.79 Å². The largest absolute Gasteiger partial charge is 0.444 e. The Hall–Kier alpha value is -2.43. The van der Waals surface area contributed by atoms with Crippen LogP contribution in [-0.2, 0) is 17.7 Å². The fourth-order valence-corrected chi connectivity index (χ4v) is 3.26. The molecule has 0 bridgehead atoms.